The van der Waals surface area contributed by atoms with Gasteiger partial charge in [-0.05, 0) is 78.2 Å². The van der Waals surface area contributed by atoms with E-state index in [1.807, 2.05) is 36.4 Å². The maximum atomic E-state index is 14.1. The van der Waals surface area contributed by atoms with E-state index in [-0.39, 0.29) is 23.8 Å². The average Bonchev–Trinajstić information content (AvgIpc) is 3.08. The molecule has 0 radical (unpaired) electrons. The lowest BCUT2D eigenvalue weighted by Gasteiger charge is -2.28. The summed E-state index contributed by atoms with van der Waals surface area (Å²) in [5.74, 6) is -0.0553. The molecule has 1 amide bonds. The summed E-state index contributed by atoms with van der Waals surface area (Å²) in [5, 5.41) is 0.411. The number of hydrogen-bond donors (Lipinski definition) is 0. The number of rotatable bonds is 13. The predicted octanol–water partition coefficient (Wildman–Crippen LogP) is 7.38. The number of hydrogen-bond acceptors (Lipinski definition) is 4. The molecule has 1 heterocycles. The third-order valence-corrected chi connectivity index (χ3v) is 8.59. The normalized spacial score (nSPS) is 11.7. The van der Waals surface area contributed by atoms with E-state index < -0.39 is 11.7 Å². The van der Waals surface area contributed by atoms with Crippen molar-refractivity contribution in [2.45, 2.75) is 46.0 Å². The lowest BCUT2D eigenvalue weighted by Crippen LogP contribution is -2.40. The summed E-state index contributed by atoms with van der Waals surface area (Å²) in [7, 11) is 0. The molecule has 0 atom stereocenters. The maximum Gasteiger partial charge on any atom is 0.416 e. The third-order valence-electron chi connectivity index (χ3n) is 8.59. The van der Waals surface area contributed by atoms with Crippen LogP contribution in [0.2, 0.25) is 0 Å². The first-order valence-electron chi connectivity index (χ1n) is 16.0. The van der Waals surface area contributed by atoms with Gasteiger partial charge in [0.1, 0.15) is 18.2 Å². The van der Waals surface area contributed by atoms with Crippen LogP contribution in [0.25, 0.3) is 22.0 Å². The lowest BCUT2D eigenvalue weighted by atomic mass is 10.0. The first kappa shape index (κ1) is 34.5. The van der Waals surface area contributed by atoms with Crippen molar-refractivity contribution in [1.82, 2.24) is 19.4 Å². The van der Waals surface area contributed by atoms with Crippen LogP contribution in [0.15, 0.2) is 102 Å². The molecule has 0 unspecified atom stereocenters. The highest BCUT2D eigenvalue weighted by Crippen LogP contribution is 2.31. The SMILES string of the molecule is CCN(CC)CCN(Cc1ccc(-c2ccc(C(F)(F)F)cc2)cc1)C(=O)Cn1c(CCc2cccc(F)c2)nc(=O)c2ccccc21. The summed E-state index contributed by atoms with van der Waals surface area (Å²) in [6.07, 6.45) is -3.63. The monoisotopic (exact) mass is 658 g/mol. The van der Waals surface area contributed by atoms with Crippen molar-refractivity contribution in [3.05, 3.63) is 136 Å². The molecule has 0 fully saturated rings. The molecule has 250 valence electrons. The Morgan fingerprint density at radius 3 is 2.10 bits per heavy atom. The molecular formula is C38H38F4N4O2. The lowest BCUT2D eigenvalue weighted by molar-refractivity contribution is -0.137. The van der Waals surface area contributed by atoms with Crippen LogP contribution in [0.4, 0.5) is 17.6 Å². The number of nitrogens with zero attached hydrogens (tertiary/aromatic N) is 4. The molecule has 10 heteroatoms. The quantitative estimate of drug-likeness (QED) is 0.124. The molecule has 5 aromatic rings. The molecule has 0 spiro atoms. The van der Waals surface area contributed by atoms with Gasteiger partial charge in [-0.15, -0.1) is 0 Å². The minimum atomic E-state index is -4.40. The smallest absolute Gasteiger partial charge is 0.336 e. The molecule has 0 saturated heterocycles. The van der Waals surface area contributed by atoms with E-state index in [4.69, 9.17) is 0 Å². The van der Waals surface area contributed by atoms with Crippen molar-refractivity contribution < 1.29 is 22.4 Å². The second-order valence-corrected chi connectivity index (χ2v) is 11.7. The zero-order valence-electron chi connectivity index (χ0n) is 27.0. The maximum absolute atomic E-state index is 14.1. The molecule has 6 nitrogen and oxygen atoms in total. The van der Waals surface area contributed by atoms with E-state index in [1.54, 1.807) is 33.7 Å². The molecule has 5 rings (SSSR count). The van der Waals surface area contributed by atoms with Gasteiger partial charge in [-0.3, -0.25) is 9.59 Å². The van der Waals surface area contributed by atoms with Crippen molar-refractivity contribution in [2.24, 2.45) is 0 Å². The van der Waals surface area contributed by atoms with Gasteiger partial charge in [0.15, 0.2) is 0 Å². The van der Waals surface area contributed by atoms with Gasteiger partial charge in [0.25, 0.3) is 5.56 Å². The van der Waals surface area contributed by atoms with Crippen molar-refractivity contribution in [3.63, 3.8) is 0 Å². The second-order valence-electron chi connectivity index (χ2n) is 11.7. The van der Waals surface area contributed by atoms with Crippen molar-refractivity contribution in [2.75, 3.05) is 26.2 Å². The summed E-state index contributed by atoms with van der Waals surface area (Å²) in [5.41, 5.74) is 2.58. The van der Waals surface area contributed by atoms with Gasteiger partial charge in [0.2, 0.25) is 5.91 Å². The van der Waals surface area contributed by atoms with E-state index in [0.29, 0.717) is 54.8 Å². The number of benzene rings is 4. The van der Waals surface area contributed by atoms with Gasteiger partial charge in [0, 0.05) is 26.1 Å². The topological polar surface area (TPSA) is 58.4 Å². The zero-order chi connectivity index (χ0) is 34.3. The van der Waals surface area contributed by atoms with Gasteiger partial charge in [0.05, 0.1) is 16.5 Å². The molecule has 48 heavy (non-hydrogen) atoms. The minimum Gasteiger partial charge on any atom is -0.336 e. The van der Waals surface area contributed by atoms with Gasteiger partial charge >= 0.3 is 6.18 Å². The Hall–Kier alpha value is -4.83. The Morgan fingerprint density at radius 1 is 0.792 bits per heavy atom. The largest absolute Gasteiger partial charge is 0.416 e. The summed E-state index contributed by atoms with van der Waals surface area (Å²) < 4.78 is 54.7. The molecule has 1 aromatic heterocycles. The Kier molecular flexibility index (Phi) is 11.1. The number of fused-ring (bicyclic) bond motifs is 1. The van der Waals surface area contributed by atoms with Crippen LogP contribution in [0.5, 0.6) is 0 Å². The van der Waals surface area contributed by atoms with E-state index in [1.165, 1.54) is 24.3 Å². The zero-order valence-corrected chi connectivity index (χ0v) is 27.0. The predicted molar refractivity (Wildman–Crippen MR) is 180 cm³/mol. The van der Waals surface area contributed by atoms with Crippen LogP contribution in [-0.2, 0) is 36.9 Å². The van der Waals surface area contributed by atoms with Gasteiger partial charge in [-0.25, -0.2) is 4.39 Å². The number of alkyl halides is 3. The van der Waals surface area contributed by atoms with Crippen LogP contribution in [0, 0.1) is 5.82 Å². The van der Waals surface area contributed by atoms with E-state index in [2.05, 4.69) is 23.7 Å². The highest BCUT2D eigenvalue weighted by Gasteiger charge is 2.30. The summed E-state index contributed by atoms with van der Waals surface area (Å²) in [4.78, 5) is 35.5. The fourth-order valence-corrected chi connectivity index (χ4v) is 5.79. The molecule has 0 bridgehead atoms. The van der Waals surface area contributed by atoms with Crippen molar-refractivity contribution in [1.29, 1.82) is 0 Å². The molecule has 0 aliphatic carbocycles. The number of para-hydroxylation sites is 1. The number of likely N-dealkylation sites (N-methyl/N-ethyl adjacent to an activating group) is 1. The van der Waals surface area contributed by atoms with Gasteiger partial charge in [-0.1, -0.05) is 74.5 Å². The number of aryl methyl sites for hydroxylation is 2. The Labute approximate surface area is 277 Å². The first-order valence-corrected chi connectivity index (χ1v) is 16.0. The minimum absolute atomic E-state index is 0.0475. The number of aromatic nitrogens is 2. The first-order chi connectivity index (χ1) is 23.0. The van der Waals surface area contributed by atoms with E-state index in [9.17, 15) is 27.2 Å². The highest BCUT2D eigenvalue weighted by molar-refractivity contribution is 5.82. The number of carbonyl (C=O) groups is 1. The summed E-state index contributed by atoms with van der Waals surface area (Å²) >= 11 is 0. The number of amides is 1. The average molecular weight is 659 g/mol. The van der Waals surface area contributed by atoms with Crippen LogP contribution >= 0.6 is 0 Å². The Morgan fingerprint density at radius 2 is 1.46 bits per heavy atom. The van der Waals surface area contributed by atoms with Crippen LogP contribution < -0.4 is 5.56 Å². The van der Waals surface area contributed by atoms with E-state index in [0.717, 1.165) is 41.9 Å². The van der Waals surface area contributed by atoms with Crippen LogP contribution in [0.1, 0.15) is 36.4 Å². The standard InChI is InChI=1S/C38H38F4N4O2/c1-3-44(4-2)22-23-45(25-28-12-15-29(16-13-28)30-17-19-31(20-18-30)38(40,41)42)36(47)26-46-34-11-6-5-10-33(34)37(48)43-35(46)21-14-27-8-7-9-32(39)24-27/h5-13,15-20,24H,3-4,14,21-23,25-26H2,1-2H3. The van der Waals surface area contributed by atoms with Crippen molar-refractivity contribution in [3.8, 4) is 11.1 Å². The molecule has 0 saturated carbocycles. The molecule has 0 aliphatic heterocycles. The molecule has 0 aliphatic rings. The fourth-order valence-electron chi connectivity index (χ4n) is 5.79. The van der Waals surface area contributed by atoms with Gasteiger partial charge in [-0.2, -0.15) is 18.2 Å². The summed E-state index contributed by atoms with van der Waals surface area (Å²) in [6.45, 7) is 7.20. The Balaban J connectivity index is 1.41. The molecular weight excluding hydrogens is 620 g/mol. The third kappa shape index (κ3) is 8.55. The van der Waals surface area contributed by atoms with Crippen LogP contribution in [0.3, 0.4) is 0 Å². The van der Waals surface area contributed by atoms with Crippen LogP contribution in [-0.4, -0.2) is 51.4 Å². The molecule has 0 N–H and O–H groups in total. The van der Waals surface area contributed by atoms with Gasteiger partial charge < -0.3 is 14.4 Å². The number of halogens is 4. The summed E-state index contributed by atoms with van der Waals surface area (Å²) in [6, 6.07) is 25.8. The Bertz CT molecular complexity index is 1900. The van der Waals surface area contributed by atoms with Crippen molar-refractivity contribution >= 4 is 16.8 Å². The second kappa shape index (κ2) is 15.4. The molecule has 4 aromatic carbocycles. The fraction of sp³-hybridized carbons (Fsp3) is 0.289. The number of carbonyl (C=O) groups excluding carboxylic acids is 1. The highest BCUT2D eigenvalue weighted by atomic mass is 19.4. The van der Waals surface area contributed by atoms with E-state index >= 15 is 0 Å².